The van der Waals surface area contributed by atoms with Gasteiger partial charge in [-0.15, -0.1) is 0 Å². The van der Waals surface area contributed by atoms with Gasteiger partial charge in [-0.3, -0.25) is 4.79 Å². The Hall–Kier alpha value is -1.68. The summed E-state index contributed by atoms with van der Waals surface area (Å²) >= 11 is 0. The topological polar surface area (TPSA) is 42.1 Å². The molecule has 1 aliphatic heterocycles. The van der Waals surface area contributed by atoms with Crippen molar-refractivity contribution in [2.45, 2.75) is 20.0 Å². The number of pyridine rings is 1. The van der Waals surface area contributed by atoms with E-state index in [9.17, 15) is 9.18 Å². The van der Waals surface area contributed by atoms with Crippen LogP contribution in [0.25, 0.3) is 10.9 Å². The van der Waals surface area contributed by atoms with Gasteiger partial charge in [0.25, 0.3) is 0 Å². The van der Waals surface area contributed by atoms with Crippen molar-refractivity contribution in [3.63, 3.8) is 0 Å². The van der Waals surface area contributed by atoms with Gasteiger partial charge in [0, 0.05) is 23.1 Å². The minimum atomic E-state index is -0.369. The molecule has 17 heavy (non-hydrogen) atoms. The van der Waals surface area contributed by atoms with E-state index in [-0.39, 0.29) is 11.2 Å². The van der Waals surface area contributed by atoms with Gasteiger partial charge in [0.05, 0.1) is 18.7 Å². The van der Waals surface area contributed by atoms with Crippen LogP contribution in [0.15, 0.2) is 16.9 Å². The molecule has 4 heteroatoms. The molecule has 0 spiro atoms. The predicted octanol–water partition coefficient (Wildman–Crippen LogP) is 2.05. The summed E-state index contributed by atoms with van der Waals surface area (Å²) in [5.74, 6) is -0.369. The van der Waals surface area contributed by atoms with E-state index < -0.39 is 0 Å². The summed E-state index contributed by atoms with van der Waals surface area (Å²) in [5.41, 5.74) is 2.37. The highest BCUT2D eigenvalue weighted by Crippen LogP contribution is 2.20. The first kappa shape index (κ1) is 10.5. The van der Waals surface area contributed by atoms with Gasteiger partial charge in [-0.1, -0.05) is 0 Å². The second-order valence-corrected chi connectivity index (χ2v) is 4.38. The standard InChI is InChI=1S/C13H12FNO2/c1-7-4-8-12(10(14)5-7)15-11-2-3-17-6-9(11)13(8)16/h4-5H,2-3,6H2,1H3,(H,15,16). The molecule has 0 saturated carbocycles. The van der Waals surface area contributed by atoms with Gasteiger partial charge in [-0.25, -0.2) is 4.39 Å². The van der Waals surface area contributed by atoms with Crippen LogP contribution in [0.3, 0.4) is 0 Å². The number of hydrogen-bond acceptors (Lipinski definition) is 2. The van der Waals surface area contributed by atoms with Gasteiger partial charge >= 0.3 is 0 Å². The zero-order valence-electron chi connectivity index (χ0n) is 9.47. The van der Waals surface area contributed by atoms with Crippen LogP contribution < -0.4 is 5.43 Å². The predicted molar refractivity (Wildman–Crippen MR) is 62.6 cm³/mol. The Morgan fingerprint density at radius 3 is 3.06 bits per heavy atom. The molecular weight excluding hydrogens is 221 g/mol. The lowest BCUT2D eigenvalue weighted by Crippen LogP contribution is -2.22. The van der Waals surface area contributed by atoms with Crippen LogP contribution in [-0.4, -0.2) is 11.6 Å². The Bertz CT molecular complexity index is 660. The molecule has 1 aromatic heterocycles. The van der Waals surface area contributed by atoms with Crippen molar-refractivity contribution in [1.29, 1.82) is 0 Å². The van der Waals surface area contributed by atoms with Gasteiger partial charge in [0.2, 0.25) is 0 Å². The van der Waals surface area contributed by atoms with Crippen LogP contribution in [0.1, 0.15) is 16.8 Å². The molecule has 0 saturated heterocycles. The van der Waals surface area contributed by atoms with E-state index in [1.165, 1.54) is 6.07 Å². The fraction of sp³-hybridized carbons (Fsp3) is 0.308. The number of halogens is 1. The number of aromatic nitrogens is 1. The molecule has 2 heterocycles. The number of benzene rings is 1. The molecule has 0 fully saturated rings. The summed E-state index contributed by atoms with van der Waals surface area (Å²) in [4.78, 5) is 15.2. The lowest BCUT2D eigenvalue weighted by atomic mass is 10.0. The minimum Gasteiger partial charge on any atom is -0.376 e. The van der Waals surface area contributed by atoms with Crippen molar-refractivity contribution in [3.8, 4) is 0 Å². The smallest absolute Gasteiger partial charge is 0.195 e. The maximum absolute atomic E-state index is 13.8. The van der Waals surface area contributed by atoms with Crippen molar-refractivity contribution < 1.29 is 9.13 Å². The second kappa shape index (κ2) is 3.67. The van der Waals surface area contributed by atoms with Crippen molar-refractivity contribution in [2.75, 3.05) is 6.61 Å². The molecule has 88 valence electrons. The van der Waals surface area contributed by atoms with E-state index in [2.05, 4.69) is 4.98 Å². The molecule has 3 rings (SSSR count). The largest absolute Gasteiger partial charge is 0.376 e. The SMILES string of the molecule is Cc1cc(F)c2[nH]c3c(c(=O)c2c1)COCC3. The van der Waals surface area contributed by atoms with Gasteiger partial charge in [-0.2, -0.15) is 0 Å². The van der Waals surface area contributed by atoms with E-state index >= 15 is 0 Å². The number of nitrogens with one attached hydrogen (secondary N) is 1. The van der Waals surface area contributed by atoms with Crippen LogP contribution in [0.2, 0.25) is 0 Å². The van der Waals surface area contributed by atoms with Crippen LogP contribution >= 0.6 is 0 Å². The first-order valence-electron chi connectivity index (χ1n) is 5.58. The Morgan fingerprint density at radius 1 is 1.41 bits per heavy atom. The quantitative estimate of drug-likeness (QED) is 0.756. The molecular formula is C13H12FNO2. The highest BCUT2D eigenvalue weighted by atomic mass is 19.1. The normalized spacial score (nSPS) is 14.9. The van der Waals surface area contributed by atoms with Crippen LogP contribution in [0.5, 0.6) is 0 Å². The van der Waals surface area contributed by atoms with Crippen LogP contribution in [0, 0.1) is 12.7 Å². The summed E-state index contributed by atoms with van der Waals surface area (Å²) in [5, 5.41) is 0.409. The summed E-state index contributed by atoms with van der Waals surface area (Å²) in [6, 6.07) is 3.15. The highest BCUT2D eigenvalue weighted by molar-refractivity contribution is 5.80. The summed E-state index contributed by atoms with van der Waals surface area (Å²) in [6.07, 6.45) is 0.633. The second-order valence-electron chi connectivity index (χ2n) is 4.38. The van der Waals surface area contributed by atoms with Crippen molar-refractivity contribution >= 4 is 10.9 Å². The molecule has 0 amide bonds. The molecule has 1 aromatic carbocycles. The van der Waals surface area contributed by atoms with Crippen LogP contribution in [0.4, 0.5) is 4.39 Å². The number of ether oxygens (including phenoxy) is 1. The zero-order valence-corrected chi connectivity index (χ0v) is 9.47. The van der Waals surface area contributed by atoms with Gasteiger partial charge in [-0.05, 0) is 24.6 Å². The maximum atomic E-state index is 13.8. The molecule has 2 aromatic rings. The summed E-state index contributed by atoms with van der Waals surface area (Å²) in [7, 11) is 0. The van der Waals surface area contributed by atoms with Crippen molar-refractivity contribution in [2.24, 2.45) is 0 Å². The summed E-state index contributed by atoms with van der Waals surface area (Å²) in [6.45, 7) is 2.66. The van der Waals surface area contributed by atoms with E-state index in [0.717, 1.165) is 11.3 Å². The lowest BCUT2D eigenvalue weighted by molar-refractivity contribution is 0.108. The molecule has 1 N–H and O–H groups in total. The number of aryl methyl sites for hydroxylation is 1. The van der Waals surface area contributed by atoms with Gasteiger partial charge in [0.1, 0.15) is 5.82 Å². The fourth-order valence-electron chi connectivity index (χ4n) is 2.29. The van der Waals surface area contributed by atoms with Gasteiger partial charge in [0.15, 0.2) is 5.43 Å². The Morgan fingerprint density at radius 2 is 2.24 bits per heavy atom. The third-order valence-electron chi connectivity index (χ3n) is 3.14. The van der Waals surface area contributed by atoms with Crippen LogP contribution in [-0.2, 0) is 17.8 Å². The van der Waals surface area contributed by atoms with E-state index in [4.69, 9.17) is 4.74 Å². The first-order valence-corrected chi connectivity index (χ1v) is 5.58. The average Bonchev–Trinajstić information content (AvgIpc) is 2.31. The number of H-pyrrole nitrogens is 1. The monoisotopic (exact) mass is 233 g/mol. The molecule has 1 aliphatic rings. The fourth-order valence-corrected chi connectivity index (χ4v) is 2.29. The summed E-state index contributed by atoms with van der Waals surface area (Å²) < 4.78 is 19.1. The van der Waals surface area contributed by atoms with E-state index in [1.54, 1.807) is 13.0 Å². The molecule has 0 bridgehead atoms. The lowest BCUT2D eigenvalue weighted by Gasteiger charge is -2.16. The molecule has 3 nitrogen and oxygen atoms in total. The Labute approximate surface area is 97.2 Å². The Balaban J connectivity index is 2.44. The average molecular weight is 233 g/mol. The van der Waals surface area contributed by atoms with E-state index in [0.29, 0.717) is 36.1 Å². The molecule has 0 aliphatic carbocycles. The molecule has 0 radical (unpaired) electrons. The number of aromatic amines is 1. The Kier molecular flexibility index (Phi) is 2.26. The number of fused-ring (bicyclic) bond motifs is 2. The number of rotatable bonds is 0. The van der Waals surface area contributed by atoms with E-state index in [1.807, 2.05) is 0 Å². The molecule has 0 unspecified atom stereocenters. The van der Waals surface area contributed by atoms with Crippen molar-refractivity contribution in [1.82, 2.24) is 4.98 Å². The number of hydrogen-bond donors (Lipinski definition) is 1. The van der Waals surface area contributed by atoms with Gasteiger partial charge < -0.3 is 9.72 Å². The highest BCUT2D eigenvalue weighted by Gasteiger charge is 2.17. The van der Waals surface area contributed by atoms with Crippen molar-refractivity contribution in [3.05, 3.63) is 45.0 Å². The zero-order chi connectivity index (χ0) is 12.0. The maximum Gasteiger partial charge on any atom is 0.195 e. The third-order valence-corrected chi connectivity index (χ3v) is 3.14. The minimum absolute atomic E-state index is 0.115. The third kappa shape index (κ3) is 1.56. The molecule has 0 atom stereocenters. The first-order chi connectivity index (χ1) is 8.16.